The van der Waals surface area contributed by atoms with Crippen molar-refractivity contribution < 1.29 is 14.3 Å². The van der Waals surface area contributed by atoms with Gasteiger partial charge in [-0.2, -0.15) is 0 Å². The summed E-state index contributed by atoms with van der Waals surface area (Å²) in [5, 5.41) is 0. The third kappa shape index (κ3) is 4.61. The van der Waals surface area contributed by atoms with Crippen molar-refractivity contribution in [2.24, 2.45) is 0 Å². The number of aryl methyl sites for hydroxylation is 1. The quantitative estimate of drug-likeness (QED) is 0.500. The van der Waals surface area contributed by atoms with Gasteiger partial charge in [0, 0.05) is 23.5 Å². The molecule has 27 heavy (non-hydrogen) atoms. The zero-order chi connectivity index (χ0) is 19.4. The summed E-state index contributed by atoms with van der Waals surface area (Å²) < 4.78 is 7.78. The lowest BCUT2D eigenvalue weighted by atomic mass is 10.1. The van der Waals surface area contributed by atoms with Crippen LogP contribution in [0, 0.1) is 13.8 Å². The molecule has 1 saturated heterocycles. The summed E-state index contributed by atoms with van der Waals surface area (Å²) in [5.74, 6) is 1.75. The molecule has 0 bridgehead atoms. The van der Waals surface area contributed by atoms with Crippen LogP contribution >= 0.6 is 23.5 Å². The zero-order valence-electron chi connectivity index (χ0n) is 16.0. The average molecular weight is 404 g/mol. The first kappa shape index (κ1) is 20.1. The fraction of sp³-hybridized carbons (Fsp3) is 0.429. The van der Waals surface area contributed by atoms with Crippen LogP contribution in [-0.2, 0) is 11.3 Å². The molecule has 0 saturated carbocycles. The third-order valence-corrected chi connectivity index (χ3v) is 7.79. The monoisotopic (exact) mass is 403 g/mol. The fourth-order valence-corrected chi connectivity index (χ4v) is 6.21. The molecule has 1 aliphatic heterocycles. The topological polar surface area (TPSA) is 48.3 Å². The van der Waals surface area contributed by atoms with Gasteiger partial charge >= 0.3 is 5.97 Å². The van der Waals surface area contributed by atoms with E-state index in [1.54, 1.807) is 12.1 Å². The standard InChI is InChI=1S/C21H25NO3S2/c1-4-22-14(2)12-18(15(22)3)19(23)13-25-20(24)16-6-8-17(9-7-16)21-26-10-5-11-27-21/h6-9,12,21H,4-5,10-11,13H2,1-3H3. The highest BCUT2D eigenvalue weighted by Gasteiger charge is 2.19. The summed E-state index contributed by atoms with van der Waals surface area (Å²) in [6.07, 6.45) is 1.25. The van der Waals surface area contributed by atoms with E-state index >= 15 is 0 Å². The van der Waals surface area contributed by atoms with E-state index < -0.39 is 5.97 Å². The van der Waals surface area contributed by atoms with Crippen LogP contribution in [0.5, 0.6) is 0 Å². The number of Topliss-reactive ketones (excluding diaryl/α,β-unsaturated/α-hetero) is 1. The van der Waals surface area contributed by atoms with Crippen LogP contribution in [0.1, 0.15) is 55.6 Å². The van der Waals surface area contributed by atoms with Crippen molar-refractivity contribution in [1.82, 2.24) is 4.57 Å². The van der Waals surface area contributed by atoms with Crippen LogP contribution < -0.4 is 0 Å². The minimum absolute atomic E-state index is 0.164. The lowest BCUT2D eigenvalue weighted by Crippen LogP contribution is -2.15. The number of rotatable bonds is 6. The molecule has 0 unspecified atom stereocenters. The number of ketones is 1. The van der Waals surface area contributed by atoms with Crippen molar-refractivity contribution in [1.29, 1.82) is 0 Å². The minimum atomic E-state index is -0.455. The Morgan fingerprint density at radius 1 is 1.15 bits per heavy atom. The molecule has 1 aliphatic rings. The largest absolute Gasteiger partial charge is 0.454 e. The highest BCUT2D eigenvalue weighted by atomic mass is 32.2. The molecule has 1 aromatic carbocycles. The van der Waals surface area contributed by atoms with E-state index in [0.29, 0.717) is 15.7 Å². The second kappa shape index (κ2) is 9.02. The molecule has 4 nitrogen and oxygen atoms in total. The van der Waals surface area contributed by atoms with Crippen molar-refractivity contribution >= 4 is 35.3 Å². The Morgan fingerprint density at radius 3 is 2.41 bits per heavy atom. The van der Waals surface area contributed by atoms with Gasteiger partial charge in [0.25, 0.3) is 0 Å². The highest BCUT2D eigenvalue weighted by molar-refractivity contribution is 8.16. The molecule has 1 fully saturated rings. The molecule has 0 amide bonds. The Morgan fingerprint density at radius 2 is 1.81 bits per heavy atom. The summed E-state index contributed by atoms with van der Waals surface area (Å²) in [7, 11) is 0. The molecule has 2 aromatic rings. The van der Waals surface area contributed by atoms with Crippen molar-refractivity contribution in [2.45, 2.75) is 38.3 Å². The normalized spacial score (nSPS) is 14.9. The van der Waals surface area contributed by atoms with E-state index in [0.717, 1.165) is 17.9 Å². The van der Waals surface area contributed by atoms with Crippen molar-refractivity contribution in [3.05, 3.63) is 58.4 Å². The van der Waals surface area contributed by atoms with Gasteiger partial charge in [0.05, 0.1) is 10.1 Å². The predicted molar refractivity (Wildman–Crippen MR) is 113 cm³/mol. The molecule has 0 radical (unpaired) electrons. The Balaban J connectivity index is 1.59. The van der Waals surface area contributed by atoms with Gasteiger partial charge in [0.1, 0.15) is 0 Å². The molecule has 0 N–H and O–H groups in total. The maximum atomic E-state index is 12.4. The number of ether oxygens (including phenoxy) is 1. The number of hydrogen-bond acceptors (Lipinski definition) is 5. The Hall–Kier alpha value is -1.66. The highest BCUT2D eigenvalue weighted by Crippen LogP contribution is 2.43. The number of carbonyl (C=O) groups excluding carboxylic acids is 2. The summed E-state index contributed by atoms with van der Waals surface area (Å²) in [6, 6.07) is 9.43. The second-order valence-corrected chi connectivity index (χ2v) is 9.30. The van der Waals surface area contributed by atoms with Crippen molar-refractivity contribution in [3.63, 3.8) is 0 Å². The van der Waals surface area contributed by atoms with Gasteiger partial charge in [-0.15, -0.1) is 23.5 Å². The van der Waals surface area contributed by atoms with E-state index in [1.807, 2.05) is 62.5 Å². The average Bonchev–Trinajstić information content (AvgIpc) is 3.00. The molecular weight excluding hydrogens is 378 g/mol. The van der Waals surface area contributed by atoms with Gasteiger partial charge in [0.15, 0.2) is 6.61 Å². The molecule has 0 spiro atoms. The number of hydrogen-bond donors (Lipinski definition) is 0. The van der Waals surface area contributed by atoms with E-state index in [2.05, 4.69) is 4.57 Å². The maximum absolute atomic E-state index is 12.4. The summed E-state index contributed by atoms with van der Waals surface area (Å²) >= 11 is 3.90. The number of benzene rings is 1. The Kier molecular flexibility index (Phi) is 6.71. The molecule has 144 valence electrons. The second-order valence-electron chi connectivity index (χ2n) is 6.58. The van der Waals surface area contributed by atoms with E-state index in [-0.39, 0.29) is 12.4 Å². The van der Waals surface area contributed by atoms with Gasteiger partial charge in [-0.05, 0) is 62.5 Å². The molecule has 3 rings (SSSR count). The molecule has 2 heterocycles. The first-order valence-corrected chi connectivity index (χ1v) is 11.3. The van der Waals surface area contributed by atoms with Crippen molar-refractivity contribution in [3.8, 4) is 0 Å². The van der Waals surface area contributed by atoms with Crippen LogP contribution in [0.15, 0.2) is 30.3 Å². The smallest absolute Gasteiger partial charge is 0.338 e. The summed E-state index contributed by atoms with van der Waals surface area (Å²) in [4.78, 5) is 24.7. The number of nitrogens with zero attached hydrogens (tertiary/aromatic N) is 1. The summed E-state index contributed by atoms with van der Waals surface area (Å²) in [5.41, 5.74) is 4.30. The van der Waals surface area contributed by atoms with E-state index in [4.69, 9.17) is 4.74 Å². The van der Waals surface area contributed by atoms with Gasteiger partial charge in [-0.25, -0.2) is 4.79 Å². The summed E-state index contributed by atoms with van der Waals surface area (Å²) in [6.45, 7) is 6.52. The number of esters is 1. The lowest BCUT2D eigenvalue weighted by molar-refractivity contribution is 0.0474. The predicted octanol–water partition coefficient (Wildman–Crippen LogP) is 5.03. The van der Waals surface area contributed by atoms with Crippen LogP contribution in [0.3, 0.4) is 0 Å². The Bertz CT molecular complexity index is 821. The van der Waals surface area contributed by atoms with Gasteiger partial charge in [0.2, 0.25) is 5.78 Å². The Labute approximate surface area is 169 Å². The number of thioether (sulfide) groups is 2. The van der Waals surface area contributed by atoms with Gasteiger partial charge < -0.3 is 9.30 Å². The first-order chi connectivity index (χ1) is 13.0. The maximum Gasteiger partial charge on any atom is 0.338 e. The third-order valence-electron chi connectivity index (χ3n) is 4.77. The van der Waals surface area contributed by atoms with Crippen LogP contribution in [0.25, 0.3) is 0 Å². The first-order valence-electron chi connectivity index (χ1n) is 9.21. The molecule has 0 atom stereocenters. The van der Waals surface area contributed by atoms with Crippen LogP contribution in [0.2, 0.25) is 0 Å². The zero-order valence-corrected chi connectivity index (χ0v) is 17.6. The van der Waals surface area contributed by atoms with Gasteiger partial charge in [-0.3, -0.25) is 4.79 Å². The fourth-order valence-electron chi connectivity index (χ4n) is 3.32. The molecule has 0 aliphatic carbocycles. The molecule has 1 aromatic heterocycles. The van der Waals surface area contributed by atoms with E-state index in [9.17, 15) is 9.59 Å². The number of carbonyl (C=O) groups is 2. The van der Waals surface area contributed by atoms with E-state index in [1.165, 1.54) is 23.5 Å². The van der Waals surface area contributed by atoms with Crippen molar-refractivity contribution in [2.75, 3.05) is 18.1 Å². The van der Waals surface area contributed by atoms with Crippen LogP contribution in [0.4, 0.5) is 0 Å². The van der Waals surface area contributed by atoms with Crippen LogP contribution in [-0.4, -0.2) is 34.4 Å². The molecular formula is C21H25NO3S2. The number of aromatic nitrogens is 1. The minimum Gasteiger partial charge on any atom is -0.454 e. The lowest BCUT2D eigenvalue weighted by Gasteiger charge is -2.21. The SMILES string of the molecule is CCn1c(C)cc(C(=O)COC(=O)c2ccc(C3SCCCS3)cc2)c1C. The molecule has 6 heteroatoms. The van der Waals surface area contributed by atoms with Gasteiger partial charge in [-0.1, -0.05) is 12.1 Å².